The highest BCUT2D eigenvalue weighted by Gasteiger charge is 2.08. The summed E-state index contributed by atoms with van der Waals surface area (Å²) in [5.74, 6) is -0.109. The fourth-order valence-corrected chi connectivity index (χ4v) is 2.31. The smallest absolute Gasteiger partial charge is 0.224 e. The fourth-order valence-electron chi connectivity index (χ4n) is 2.04. The summed E-state index contributed by atoms with van der Waals surface area (Å²) in [5, 5.41) is 11.5. The van der Waals surface area contributed by atoms with Gasteiger partial charge >= 0.3 is 0 Å². The Morgan fingerprint density at radius 3 is 2.26 bits per heavy atom. The van der Waals surface area contributed by atoms with E-state index in [0.29, 0.717) is 29.7 Å². The summed E-state index contributed by atoms with van der Waals surface area (Å²) < 4.78 is 0.927. The first-order chi connectivity index (χ1) is 11.1. The molecule has 0 heterocycles. The number of nitrogens with zero attached hydrogens (tertiary/aromatic N) is 1. The van der Waals surface area contributed by atoms with Crippen molar-refractivity contribution in [3.05, 3.63) is 64.1 Å². The van der Waals surface area contributed by atoms with Gasteiger partial charge in [-0.05, 0) is 42.8 Å². The van der Waals surface area contributed by atoms with Gasteiger partial charge < -0.3 is 5.32 Å². The van der Waals surface area contributed by atoms with Gasteiger partial charge in [0.15, 0.2) is 5.78 Å². The first-order valence-corrected chi connectivity index (χ1v) is 7.96. The Morgan fingerprint density at radius 1 is 1.00 bits per heavy atom. The molecule has 0 aliphatic heterocycles. The minimum Gasteiger partial charge on any atom is -0.326 e. The van der Waals surface area contributed by atoms with Crippen LogP contribution in [0.3, 0.4) is 0 Å². The van der Waals surface area contributed by atoms with Crippen molar-refractivity contribution in [2.75, 3.05) is 5.32 Å². The summed E-state index contributed by atoms with van der Waals surface area (Å²) in [6, 6.07) is 15.9. The van der Waals surface area contributed by atoms with Gasteiger partial charge in [-0.25, -0.2) is 0 Å². The van der Waals surface area contributed by atoms with Crippen molar-refractivity contribution in [1.82, 2.24) is 0 Å². The topological polar surface area (TPSA) is 70.0 Å². The van der Waals surface area contributed by atoms with Gasteiger partial charge in [-0.2, -0.15) is 5.26 Å². The monoisotopic (exact) mass is 370 g/mol. The molecule has 2 aromatic carbocycles. The highest BCUT2D eigenvalue weighted by molar-refractivity contribution is 9.10. The number of carbonyl (C=O) groups excluding carboxylic acids is 2. The largest absolute Gasteiger partial charge is 0.326 e. The zero-order chi connectivity index (χ0) is 16.7. The number of amides is 1. The van der Waals surface area contributed by atoms with E-state index in [1.54, 1.807) is 36.4 Å². The maximum absolute atomic E-state index is 12.0. The Balaban J connectivity index is 1.77. The molecule has 2 rings (SSSR count). The number of hydrogen-bond donors (Lipinski definition) is 1. The predicted octanol–water partition coefficient (Wildman–Crippen LogP) is 4.31. The first-order valence-electron chi connectivity index (χ1n) is 7.17. The molecule has 0 fully saturated rings. The minimum atomic E-state index is -0.140. The lowest BCUT2D eigenvalue weighted by atomic mass is 10.1. The molecule has 0 bridgehead atoms. The average Bonchev–Trinajstić information content (AvgIpc) is 2.56. The van der Waals surface area contributed by atoms with Crippen LogP contribution >= 0.6 is 15.9 Å². The van der Waals surface area contributed by atoms with Gasteiger partial charge in [-0.1, -0.05) is 28.1 Å². The third-order valence-electron chi connectivity index (χ3n) is 3.27. The SMILES string of the molecule is N#Cc1ccc(NC(=O)CCCC(=O)c2ccc(Br)cc2)cc1. The summed E-state index contributed by atoms with van der Waals surface area (Å²) in [6.45, 7) is 0. The maximum atomic E-state index is 12.0. The fraction of sp³-hybridized carbons (Fsp3) is 0.167. The van der Waals surface area contributed by atoms with Gasteiger partial charge in [0.05, 0.1) is 11.6 Å². The van der Waals surface area contributed by atoms with Crippen molar-refractivity contribution in [1.29, 1.82) is 5.26 Å². The number of halogens is 1. The standard InChI is InChI=1S/C18H15BrN2O2/c19-15-8-6-14(7-9-15)17(22)2-1-3-18(23)21-16-10-4-13(12-20)5-11-16/h4-11H,1-3H2,(H,21,23). The summed E-state index contributed by atoms with van der Waals surface area (Å²) >= 11 is 3.32. The van der Waals surface area contributed by atoms with Crippen molar-refractivity contribution in [3.8, 4) is 6.07 Å². The lowest BCUT2D eigenvalue weighted by Gasteiger charge is -2.05. The van der Waals surface area contributed by atoms with Gasteiger partial charge in [0.25, 0.3) is 0 Å². The second-order valence-electron chi connectivity index (χ2n) is 5.02. The molecule has 0 spiro atoms. The van der Waals surface area contributed by atoms with Crippen molar-refractivity contribution >= 4 is 33.3 Å². The highest BCUT2D eigenvalue weighted by atomic mass is 79.9. The van der Waals surface area contributed by atoms with Crippen molar-refractivity contribution < 1.29 is 9.59 Å². The number of hydrogen-bond acceptors (Lipinski definition) is 3. The van der Waals surface area contributed by atoms with E-state index in [-0.39, 0.29) is 18.1 Å². The second kappa shape index (κ2) is 8.25. The maximum Gasteiger partial charge on any atom is 0.224 e. The molecule has 23 heavy (non-hydrogen) atoms. The van der Waals surface area contributed by atoms with Crippen LogP contribution in [-0.2, 0) is 4.79 Å². The van der Waals surface area contributed by atoms with Crippen LogP contribution in [0, 0.1) is 11.3 Å². The number of rotatable bonds is 6. The molecule has 0 atom stereocenters. The molecule has 4 nitrogen and oxygen atoms in total. The lowest BCUT2D eigenvalue weighted by molar-refractivity contribution is -0.116. The molecule has 116 valence electrons. The number of nitrogens with one attached hydrogen (secondary N) is 1. The Labute approximate surface area is 143 Å². The molecule has 0 saturated carbocycles. The van der Waals surface area contributed by atoms with Gasteiger partial charge in [0.2, 0.25) is 5.91 Å². The van der Waals surface area contributed by atoms with Crippen molar-refractivity contribution in [2.45, 2.75) is 19.3 Å². The summed E-state index contributed by atoms with van der Waals surface area (Å²) in [5.41, 5.74) is 1.84. The second-order valence-corrected chi connectivity index (χ2v) is 5.94. The van der Waals surface area contributed by atoms with Crippen LogP contribution in [0.15, 0.2) is 53.0 Å². The van der Waals surface area contributed by atoms with E-state index in [2.05, 4.69) is 21.2 Å². The molecule has 0 saturated heterocycles. The van der Waals surface area contributed by atoms with E-state index in [4.69, 9.17) is 5.26 Å². The molecule has 0 unspecified atom stereocenters. The number of nitriles is 1. The Morgan fingerprint density at radius 2 is 1.65 bits per heavy atom. The molecular formula is C18H15BrN2O2. The average molecular weight is 371 g/mol. The van der Waals surface area contributed by atoms with Gasteiger partial charge in [0, 0.05) is 28.6 Å². The van der Waals surface area contributed by atoms with Crippen LogP contribution in [0.1, 0.15) is 35.2 Å². The van der Waals surface area contributed by atoms with E-state index in [1.165, 1.54) is 0 Å². The normalized spacial score (nSPS) is 9.91. The molecular weight excluding hydrogens is 356 g/mol. The lowest BCUT2D eigenvalue weighted by Crippen LogP contribution is -2.12. The van der Waals surface area contributed by atoms with Crippen molar-refractivity contribution in [2.24, 2.45) is 0 Å². The van der Waals surface area contributed by atoms with E-state index < -0.39 is 0 Å². The number of benzene rings is 2. The molecule has 0 radical (unpaired) electrons. The van der Waals surface area contributed by atoms with Gasteiger partial charge in [-0.15, -0.1) is 0 Å². The van der Waals surface area contributed by atoms with Gasteiger partial charge in [0.1, 0.15) is 0 Å². The third-order valence-corrected chi connectivity index (χ3v) is 3.80. The number of anilines is 1. The number of Topliss-reactive ketones (excluding diaryl/α,β-unsaturated/α-hetero) is 1. The van der Waals surface area contributed by atoms with Crippen LogP contribution in [0.4, 0.5) is 5.69 Å². The van der Waals surface area contributed by atoms with Crippen LogP contribution < -0.4 is 5.32 Å². The Hall–Kier alpha value is -2.45. The first kappa shape index (κ1) is 16.9. The molecule has 2 aromatic rings. The molecule has 1 N–H and O–H groups in total. The van der Waals surface area contributed by atoms with E-state index in [9.17, 15) is 9.59 Å². The van der Waals surface area contributed by atoms with Crippen LogP contribution in [0.5, 0.6) is 0 Å². The molecule has 0 aliphatic carbocycles. The number of ketones is 1. The quantitative estimate of drug-likeness (QED) is 0.770. The summed E-state index contributed by atoms with van der Waals surface area (Å²) in [6.07, 6.45) is 1.11. The number of carbonyl (C=O) groups is 2. The minimum absolute atomic E-state index is 0.0312. The third kappa shape index (κ3) is 5.35. The highest BCUT2D eigenvalue weighted by Crippen LogP contribution is 2.14. The van der Waals surface area contributed by atoms with Crippen molar-refractivity contribution in [3.63, 3.8) is 0 Å². The zero-order valence-corrected chi connectivity index (χ0v) is 14.0. The van der Waals surface area contributed by atoms with E-state index in [0.717, 1.165) is 4.47 Å². The molecule has 1 amide bonds. The van der Waals surface area contributed by atoms with E-state index >= 15 is 0 Å². The van der Waals surface area contributed by atoms with Crippen LogP contribution in [0.2, 0.25) is 0 Å². The molecule has 5 heteroatoms. The Kier molecular flexibility index (Phi) is 6.07. The van der Waals surface area contributed by atoms with E-state index in [1.807, 2.05) is 18.2 Å². The van der Waals surface area contributed by atoms with Crippen LogP contribution in [0.25, 0.3) is 0 Å². The summed E-state index contributed by atoms with van der Waals surface area (Å²) in [4.78, 5) is 23.8. The predicted molar refractivity (Wildman–Crippen MR) is 92.1 cm³/mol. The zero-order valence-electron chi connectivity index (χ0n) is 12.4. The van der Waals surface area contributed by atoms with Gasteiger partial charge in [-0.3, -0.25) is 9.59 Å². The molecule has 0 aliphatic rings. The van der Waals surface area contributed by atoms with Crippen LogP contribution in [-0.4, -0.2) is 11.7 Å². The molecule has 0 aromatic heterocycles. The Bertz CT molecular complexity index is 731. The summed E-state index contributed by atoms with van der Waals surface area (Å²) in [7, 11) is 0.